The van der Waals surface area contributed by atoms with Crippen molar-refractivity contribution in [1.29, 1.82) is 0 Å². The molecule has 0 spiro atoms. The first-order chi connectivity index (χ1) is 10.4. The van der Waals surface area contributed by atoms with Crippen molar-refractivity contribution < 1.29 is 17.1 Å². The molecule has 0 aliphatic rings. The first-order valence-corrected chi connectivity index (χ1v) is 6.48. The molecule has 2 aromatic heterocycles. The quantitative estimate of drug-likeness (QED) is 0.307. The van der Waals surface area contributed by atoms with E-state index in [2.05, 4.69) is 31.8 Å². The minimum atomic E-state index is 0. The summed E-state index contributed by atoms with van der Waals surface area (Å²) in [5.74, 6) is 6.04. The summed E-state index contributed by atoms with van der Waals surface area (Å²) in [5, 5.41) is 0. The fourth-order valence-corrected chi connectivity index (χ4v) is 1.77. The SMILES string of the molecule is C(#Cc1ncnc2nc[nH]c12)c1ccc[cH-]1.[Fe+2].c1cc[cH-]c1. The van der Waals surface area contributed by atoms with Crippen LogP contribution in [-0.2, 0) is 17.1 Å². The molecule has 0 radical (unpaired) electrons. The van der Waals surface area contributed by atoms with E-state index in [1.807, 2.05) is 54.6 Å². The second-order valence-electron chi connectivity index (χ2n) is 4.21. The zero-order valence-corrected chi connectivity index (χ0v) is 12.7. The van der Waals surface area contributed by atoms with Crippen LogP contribution in [0.3, 0.4) is 0 Å². The number of hydrogen-bond donors (Lipinski definition) is 1. The molecule has 0 aliphatic carbocycles. The van der Waals surface area contributed by atoms with Crippen molar-refractivity contribution in [3.8, 4) is 11.8 Å². The number of H-pyrrole nitrogens is 1. The molecule has 2 heterocycles. The second-order valence-corrected chi connectivity index (χ2v) is 4.21. The van der Waals surface area contributed by atoms with Crippen LogP contribution in [0.5, 0.6) is 0 Å². The summed E-state index contributed by atoms with van der Waals surface area (Å²) < 4.78 is 0. The van der Waals surface area contributed by atoms with Crippen LogP contribution in [0.15, 0.2) is 67.3 Å². The van der Waals surface area contributed by atoms with Crippen molar-refractivity contribution in [3.63, 3.8) is 0 Å². The van der Waals surface area contributed by atoms with Gasteiger partial charge in [-0.1, -0.05) is 5.92 Å². The minimum absolute atomic E-state index is 0. The van der Waals surface area contributed by atoms with Crippen molar-refractivity contribution in [3.05, 3.63) is 78.5 Å². The van der Waals surface area contributed by atoms with E-state index in [1.165, 1.54) is 6.33 Å². The van der Waals surface area contributed by atoms with Crippen LogP contribution in [0.2, 0.25) is 0 Å². The monoisotopic (exact) mass is 328 g/mol. The topological polar surface area (TPSA) is 54.5 Å². The molecule has 0 aliphatic heterocycles. The van der Waals surface area contributed by atoms with Crippen molar-refractivity contribution in [1.82, 2.24) is 19.9 Å². The fourth-order valence-electron chi connectivity index (χ4n) is 1.77. The number of aromatic nitrogens is 4. The number of nitrogens with zero attached hydrogens (tertiary/aromatic N) is 3. The van der Waals surface area contributed by atoms with Gasteiger partial charge in [-0.25, -0.2) is 27.1 Å². The van der Waals surface area contributed by atoms with Crippen LogP contribution < -0.4 is 0 Å². The van der Waals surface area contributed by atoms with Crippen LogP contribution in [0.1, 0.15) is 11.3 Å². The van der Waals surface area contributed by atoms with Gasteiger partial charge in [0.1, 0.15) is 17.5 Å². The molecule has 0 atom stereocenters. The molecule has 22 heavy (non-hydrogen) atoms. The van der Waals surface area contributed by atoms with Gasteiger partial charge in [0.25, 0.3) is 0 Å². The average Bonchev–Trinajstić information content (AvgIpc) is 3.28. The molecule has 108 valence electrons. The minimum Gasteiger partial charge on any atom is -0.341 e. The van der Waals surface area contributed by atoms with Gasteiger partial charge in [0.05, 0.1) is 6.33 Å². The van der Waals surface area contributed by atoms with Crippen molar-refractivity contribution in [2.75, 3.05) is 0 Å². The van der Waals surface area contributed by atoms with Gasteiger partial charge in [0, 0.05) is 0 Å². The Morgan fingerprint density at radius 1 is 0.955 bits per heavy atom. The van der Waals surface area contributed by atoms with Crippen LogP contribution >= 0.6 is 0 Å². The van der Waals surface area contributed by atoms with Gasteiger partial charge < -0.3 is 4.98 Å². The summed E-state index contributed by atoms with van der Waals surface area (Å²) >= 11 is 0. The fraction of sp³-hybridized carbons (Fsp3) is 0. The molecule has 1 N–H and O–H groups in total. The van der Waals surface area contributed by atoms with Crippen LogP contribution in [0.4, 0.5) is 0 Å². The third-order valence-corrected chi connectivity index (χ3v) is 2.77. The molecule has 2 aromatic carbocycles. The van der Waals surface area contributed by atoms with E-state index in [9.17, 15) is 0 Å². The molecule has 0 fully saturated rings. The Morgan fingerprint density at radius 2 is 1.82 bits per heavy atom. The van der Waals surface area contributed by atoms with Gasteiger partial charge in [0.15, 0.2) is 5.65 Å². The molecule has 4 aromatic rings. The Morgan fingerprint density at radius 3 is 2.50 bits per heavy atom. The predicted molar refractivity (Wildman–Crippen MR) is 81.7 cm³/mol. The number of nitrogens with one attached hydrogen (secondary N) is 1. The predicted octanol–water partition coefficient (Wildman–Crippen LogP) is 2.87. The number of aromatic amines is 1. The van der Waals surface area contributed by atoms with E-state index in [1.54, 1.807) is 6.33 Å². The summed E-state index contributed by atoms with van der Waals surface area (Å²) in [6.07, 6.45) is 3.06. The Balaban J connectivity index is 0.000000253. The second kappa shape index (κ2) is 7.94. The number of hydrogen-bond acceptors (Lipinski definition) is 3. The zero-order chi connectivity index (χ0) is 14.3. The van der Waals surface area contributed by atoms with E-state index in [-0.39, 0.29) is 17.1 Å². The summed E-state index contributed by atoms with van der Waals surface area (Å²) in [7, 11) is 0. The van der Waals surface area contributed by atoms with Crippen LogP contribution in [0.25, 0.3) is 11.2 Å². The molecule has 0 saturated heterocycles. The molecular formula is C17H12FeN4. The largest absolute Gasteiger partial charge is 2.00 e. The summed E-state index contributed by atoms with van der Waals surface area (Å²) in [5.41, 5.74) is 3.07. The maximum absolute atomic E-state index is 4.12. The molecule has 4 nitrogen and oxygen atoms in total. The Labute approximate surface area is 138 Å². The van der Waals surface area contributed by atoms with Crippen molar-refractivity contribution in [2.45, 2.75) is 0 Å². The molecule has 0 saturated carbocycles. The summed E-state index contributed by atoms with van der Waals surface area (Å²) in [6.45, 7) is 0. The molecule has 4 rings (SSSR count). The molecular weight excluding hydrogens is 316 g/mol. The standard InChI is InChI=1S/C12H7N4.C5H5.Fe/c1-2-4-9(3-1)5-6-10-11-12(15-7-13-10)16-8-14-11;1-2-4-5-3-1;/h1-4,7-8H,(H,13,14,15,16);1-5H;/q2*-1;+2. The van der Waals surface area contributed by atoms with E-state index >= 15 is 0 Å². The Hall–Kier alpha value is -2.67. The molecule has 0 unspecified atom stereocenters. The smallest absolute Gasteiger partial charge is 0.341 e. The molecule has 0 amide bonds. The number of fused-ring (bicyclic) bond motifs is 1. The van der Waals surface area contributed by atoms with Crippen molar-refractivity contribution in [2.24, 2.45) is 0 Å². The van der Waals surface area contributed by atoms with E-state index in [0.29, 0.717) is 11.3 Å². The summed E-state index contributed by atoms with van der Waals surface area (Å²) in [4.78, 5) is 15.2. The zero-order valence-electron chi connectivity index (χ0n) is 11.5. The molecule has 0 bridgehead atoms. The van der Waals surface area contributed by atoms with Gasteiger partial charge >= 0.3 is 17.1 Å². The maximum Gasteiger partial charge on any atom is 2.00 e. The first-order valence-electron chi connectivity index (χ1n) is 6.48. The maximum atomic E-state index is 4.12. The third kappa shape index (κ3) is 3.92. The third-order valence-electron chi connectivity index (χ3n) is 2.77. The van der Waals surface area contributed by atoms with Gasteiger partial charge in [-0.3, -0.25) is 0 Å². The summed E-state index contributed by atoms with van der Waals surface area (Å²) in [6, 6.07) is 17.8. The van der Waals surface area contributed by atoms with Crippen molar-refractivity contribution >= 4 is 11.2 Å². The Kier molecular flexibility index (Phi) is 5.67. The van der Waals surface area contributed by atoms with Gasteiger partial charge in [-0.2, -0.15) is 42.3 Å². The van der Waals surface area contributed by atoms with Gasteiger partial charge in [-0.15, -0.1) is 11.6 Å². The van der Waals surface area contributed by atoms with Gasteiger partial charge in [0.2, 0.25) is 0 Å². The average molecular weight is 328 g/mol. The van der Waals surface area contributed by atoms with Crippen LogP contribution in [0, 0.1) is 11.8 Å². The molecule has 5 heteroatoms. The van der Waals surface area contributed by atoms with E-state index in [4.69, 9.17) is 0 Å². The Bertz CT molecular complexity index is 832. The van der Waals surface area contributed by atoms with Gasteiger partial charge in [-0.05, 0) is 0 Å². The van der Waals surface area contributed by atoms with E-state index in [0.717, 1.165) is 11.1 Å². The van der Waals surface area contributed by atoms with E-state index < -0.39 is 0 Å². The number of rotatable bonds is 0. The first kappa shape index (κ1) is 15.7. The van der Waals surface area contributed by atoms with Crippen LogP contribution in [-0.4, -0.2) is 19.9 Å². The normalized spacial score (nSPS) is 9.09. The number of imidazole rings is 1.